The third kappa shape index (κ3) is 5.37. The summed E-state index contributed by atoms with van der Waals surface area (Å²) in [7, 11) is 0. The highest BCUT2D eigenvalue weighted by atomic mass is 32.2. The Hall–Kier alpha value is -3.40. The molecule has 266 valence electrons. The number of ether oxygens (including phenoxy) is 1. The molecule has 2 bridgehead atoms. The molecule has 50 heavy (non-hydrogen) atoms. The first-order valence-electron chi connectivity index (χ1n) is 18.1. The van der Waals surface area contributed by atoms with E-state index in [0.717, 1.165) is 46.2 Å². The third-order valence-electron chi connectivity index (χ3n) is 13.8. The number of esters is 1. The molecule has 4 aliphatic rings. The smallest absolute Gasteiger partial charge is 0.316 e. The van der Waals surface area contributed by atoms with Crippen molar-refractivity contribution in [2.75, 3.05) is 5.75 Å². The van der Waals surface area contributed by atoms with Crippen molar-refractivity contribution in [2.24, 2.45) is 45.1 Å². The second-order valence-corrected chi connectivity index (χ2v) is 17.4. The van der Waals surface area contributed by atoms with E-state index in [9.17, 15) is 19.5 Å². The Labute approximate surface area is 299 Å². The molecule has 0 radical (unpaired) electrons. The number of hydrogen-bond donors (Lipinski definition) is 4. The van der Waals surface area contributed by atoms with Gasteiger partial charge in [-0.3, -0.25) is 14.4 Å². The van der Waals surface area contributed by atoms with Crippen molar-refractivity contribution in [2.45, 2.75) is 95.9 Å². The number of carbonyl (C=O) groups excluding carboxylic acids is 3. The zero-order valence-corrected chi connectivity index (χ0v) is 30.5. The fourth-order valence-electron chi connectivity index (χ4n) is 11.1. The highest BCUT2D eigenvalue weighted by Gasteiger charge is 2.81. The fraction of sp³-hybridized carbons (Fsp3) is 0.537. The average Bonchev–Trinajstić information content (AvgIpc) is 3.59. The number of benzene rings is 2. The Morgan fingerprint density at radius 2 is 1.96 bits per heavy atom. The van der Waals surface area contributed by atoms with Crippen LogP contribution in [-0.2, 0) is 32.1 Å². The van der Waals surface area contributed by atoms with Crippen LogP contribution >= 0.6 is 11.8 Å². The first-order valence-corrected chi connectivity index (χ1v) is 19.1. The monoisotopic (exact) mass is 697 g/mol. The average molecular weight is 698 g/mol. The van der Waals surface area contributed by atoms with E-state index >= 15 is 0 Å². The number of aromatic nitrogens is 1. The van der Waals surface area contributed by atoms with Crippen molar-refractivity contribution in [1.82, 2.24) is 10.3 Å². The van der Waals surface area contributed by atoms with E-state index in [4.69, 9.17) is 10.5 Å². The molecule has 3 aromatic rings. The number of nitrogens with two attached hydrogens (primary N) is 1. The maximum Gasteiger partial charge on any atom is 0.316 e. The highest BCUT2D eigenvalue weighted by Crippen LogP contribution is 2.82. The number of aromatic amines is 1. The number of carbonyl (C=O) groups is 3. The van der Waals surface area contributed by atoms with Crippen molar-refractivity contribution >= 4 is 40.3 Å². The van der Waals surface area contributed by atoms with Crippen LogP contribution < -0.4 is 11.1 Å². The minimum atomic E-state index is -0.686. The zero-order valence-electron chi connectivity index (χ0n) is 29.7. The van der Waals surface area contributed by atoms with Gasteiger partial charge in [-0.15, -0.1) is 18.3 Å². The van der Waals surface area contributed by atoms with Crippen LogP contribution in [0.5, 0.6) is 0 Å². The lowest BCUT2D eigenvalue weighted by Crippen LogP contribution is -2.71. The number of aliphatic hydroxyl groups excluding tert-OH is 1. The first kappa shape index (κ1) is 35.0. The number of rotatable bonds is 10. The maximum atomic E-state index is 13.7. The predicted octanol–water partition coefficient (Wildman–Crippen LogP) is 6.35. The lowest BCUT2D eigenvalue weighted by Gasteiger charge is -2.71. The van der Waals surface area contributed by atoms with Crippen LogP contribution in [0.15, 0.2) is 72.3 Å². The van der Waals surface area contributed by atoms with E-state index in [1.165, 1.54) is 11.8 Å². The molecule has 5 N–H and O–H groups in total. The molecule has 1 amide bonds. The molecule has 7 rings (SSSR count). The molecular weight excluding hydrogens is 647 g/mol. The summed E-state index contributed by atoms with van der Waals surface area (Å²) in [4.78, 5) is 44.2. The summed E-state index contributed by atoms with van der Waals surface area (Å²) in [6.07, 6.45) is 6.56. The summed E-state index contributed by atoms with van der Waals surface area (Å²) in [6.45, 7) is 13.1. The number of amides is 1. The molecule has 0 saturated heterocycles. The number of fused-ring (bicyclic) bond motifs is 1. The highest BCUT2D eigenvalue weighted by molar-refractivity contribution is 8.00. The summed E-state index contributed by atoms with van der Waals surface area (Å²) < 4.78 is 6.48. The van der Waals surface area contributed by atoms with Crippen molar-refractivity contribution in [3.8, 4) is 0 Å². The molecule has 0 aliphatic heterocycles. The van der Waals surface area contributed by atoms with Crippen LogP contribution in [0, 0.1) is 39.4 Å². The van der Waals surface area contributed by atoms with Gasteiger partial charge >= 0.3 is 5.97 Å². The SMILES string of the molecule is C=C[C@]1(C)C[C@@H](OC(=O)CSc2cccc(CNC(=O)[C@H](N)Cc3c[nH]c4ccccc34)c2)[C@]2(C)C(C)CC34CC(CCC3=O)(C42)[C@@H](C)[C@@H]1O. The Bertz CT molecular complexity index is 1840. The first-order chi connectivity index (χ1) is 23.8. The van der Waals surface area contributed by atoms with E-state index in [2.05, 4.69) is 37.7 Å². The van der Waals surface area contributed by atoms with Gasteiger partial charge in [0.25, 0.3) is 0 Å². The molecule has 10 atom stereocenters. The van der Waals surface area contributed by atoms with Gasteiger partial charge in [0.05, 0.1) is 17.9 Å². The molecular formula is C41H51N3O5S. The summed E-state index contributed by atoms with van der Waals surface area (Å²) in [6, 6.07) is 15.0. The van der Waals surface area contributed by atoms with E-state index in [0.29, 0.717) is 31.6 Å². The molecule has 2 aromatic carbocycles. The predicted molar refractivity (Wildman–Crippen MR) is 196 cm³/mol. The second kappa shape index (κ2) is 12.7. The number of hydrogen-bond acceptors (Lipinski definition) is 7. The molecule has 2 spiro atoms. The van der Waals surface area contributed by atoms with Crippen LogP contribution in [0.4, 0.5) is 0 Å². The van der Waals surface area contributed by atoms with Gasteiger partial charge in [-0.2, -0.15) is 0 Å². The number of aliphatic hydroxyl groups is 1. The van der Waals surface area contributed by atoms with Crippen LogP contribution in [0.2, 0.25) is 0 Å². The van der Waals surface area contributed by atoms with Crippen molar-refractivity contribution in [3.63, 3.8) is 0 Å². The second-order valence-electron chi connectivity index (χ2n) is 16.3. The number of nitrogens with one attached hydrogen (secondary N) is 2. The Balaban J connectivity index is 1.01. The van der Waals surface area contributed by atoms with Crippen molar-refractivity contribution < 1.29 is 24.2 Å². The third-order valence-corrected chi connectivity index (χ3v) is 14.8. The van der Waals surface area contributed by atoms with Crippen LogP contribution in [-0.4, -0.2) is 51.8 Å². The maximum absolute atomic E-state index is 13.7. The molecule has 4 aliphatic carbocycles. The van der Waals surface area contributed by atoms with Crippen LogP contribution in [0.3, 0.4) is 0 Å². The summed E-state index contributed by atoms with van der Waals surface area (Å²) in [5.41, 5.74) is 7.68. The molecule has 8 nitrogen and oxygen atoms in total. The van der Waals surface area contributed by atoms with E-state index in [1.54, 1.807) is 0 Å². The number of para-hydroxylation sites is 1. The largest absolute Gasteiger partial charge is 0.461 e. The van der Waals surface area contributed by atoms with Gasteiger partial charge in [0.1, 0.15) is 11.9 Å². The van der Waals surface area contributed by atoms with Gasteiger partial charge < -0.3 is 25.9 Å². The normalized spacial score (nSPS) is 36.4. The molecule has 1 aromatic heterocycles. The summed E-state index contributed by atoms with van der Waals surface area (Å²) in [5.74, 6) is 0.248. The number of thioether (sulfide) groups is 1. The van der Waals surface area contributed by atoms with E-state index in [1.807, 2.05) is 67.7 Å². The quantitative estimate of drug-likeness (QED) is 0.110. The van der Waals surface area contributed by atoms with Crippen LogP contribution in [0.25, 0.3) is 10.9 Å². The van der Waals surface area contributed by atoms with Gasteiger partial charge in [-0.1, -0.05) is 64.1 Å². The Kier molecular flexibility index (Phi) is 8.88. The van der Waals surface area contributed by atoms with E-state index < -0.39 is 23.7 Å². The molecule has 4 fully saturated rings. The lowest BCUT2D eigenvalue weighted by atomic mass is 9.32. The zero-order chi connectivity index (χ0) is 35.6. The van der Waals surface area contributed by atoms with Crippen molar-refractivity contribution in [1.29, 1.82) is 0 Å². The van der Waals surface area contributed by atoms with Gasteiger partial charge in [0.2, 0.25) is 5.91 Å². The van der Waals surface area contributed by atoms with E-state index in [-0.39, 0.29) is 51.6 Å². The molecule has 4 unspecified atom stereocenters. The number of H-pyrrole nitrogens is 1. The van der Waals surface area contributed by atoms with Gasteiger partial charge in [-0.25, -0.2) is 0 Å². The fourth-order valence-corrected chi connectivity index (χ4v) is 11.8. The molecule has 1 heterocycles. The molecule has 9 heteroatoms. The lowest BCUT2D eigenvalue weighted by molar-refractivity contribution is -0.257. The van der Waals surface area contributed by atoms with Crippen LogP contribution in [0.1, 0.15) is 70.9 Å². The minimum Gasteiger partial charge on any atom is -0.461 e. The summed E-state index contributed by atoms with van der Waals surface area (Å²) >= 11 is 1.40. The molecule has 4 saturated carbocycles. The van der Waals surface area contributed by atoms with Gasteiger partial charge in [0, 0.05) is 51.2 Å². The minimum absolute atomic E-state index is 0.0147. The van der Waals surface area contributed by atoms with Crippen molar-refractivity contribution in [3.05, 3.63) is 78.5 Å². The Morgan fingerprint density at radius 1 is 1.18 bits per heavy atom. The number of Topliss-reactive ketones (excluding diaryl/α,β-unsaturated/α-hetero) is 1. The number of ketones is 1. The Morgan fingerprint density at radius 3 is 2.74 bits per heavy atom. The van der Waals surface area contributed by atoms with Gasteiger partial charge in [0.15, 0.2) is 0 Å². The topological polar surface area (TPSA) is 135 Å². The standard InChI is InChI=1S/C41H51N3O5S/c1-6-38(4)19-33(39(5)24(2)18-41-23-40(37(39)41,15-14-32(41)45)25(3)35(38)47)49-34(46)22-50-28-11-9-10-26(16-28)20-44-36(48)30(42)17-27-21-43-31-13-8-7-12-29(27)31/h6-13,16,21,24-25,30,33,35,37,43,47H,1,14-15,17-20,22-23,42H2,2-5H3,(H,44,48)/t24?,25-,30+,33+,35-,37?,38+,39-,40?,41?/m0/s1. The summed E-state index contributed by atoms with van der Waals surface area (Å²) in [5, 5.41) is 15.9. The van der Waals surface area contributed by atoms with Gasteiger partial charge in [-0.05, 0) is 84.6 Å².